The maximum absolute atomic E-state index is 12.5. The number of ether oxygens (including phenoxy) is 1. The molecule has 0 unspecified atom stereocenters. The fourth-order valence-corrected chi connectivity index (χ4v) is 3.03. The number of carbonyl (C=O) groups is 4. The summed E-state index contributed by atoms with van der Waals surface area (Å²) in [7, 11) is 0. The number of amides is 4. The molecule has 1 aliphatic heterocycles. The summed E-state index contributed by atoms with van der Waals surface area (Å²) in [5.74, 6) is -1.77. The fraction of sp³-hybridized carbons (Fsp3) is 0.500. The third kappa shape index (κ3) is 4.49. The quantitative estimate of drug-likeness (QED) is 0.524. The monoisotopic (exact) mass is 389 g/mol. The predicted molar refractivity (Wildman–Crippen MR) is 104 cm³/mol. The van der Waals surface area contributed by atoms with Crippen molar-refractivity contribution >= 4 is 29.5 Å². The Bertz CT molecular complexity index is 756. The van der Waals surface area contributed by atoms with E-state index in [0.29, 0.717) is 18.5 Å². The maximum Gasteiger partial charge on any atom is 0.327 e. The third-order valence-corrected chi connectivity index (χ3v) is 5.05. The first kappa shape index (κ1) is 21.4. The van der Waals surface area contributed by atoms with Gasteiger partial charge in [0.2, 0.25) is 0 Å². The SMILES string of the molecule is CCc1ccc(NC(=O)[C@H](C)OC(=O)CN2C(=O)NC(CC)(CC)C2=O)cc1. The van der Waals surface area contributed by atoms with Crippen LogP contribution >= 0.6 is 0 Å². The first-order valence-electron chi connectivity index (χ1n) is 9.49. The second-order valence-electron chi connectivity index (χ2n) is 6.78. The van der Waals surface area contributed by atoms with Gasteiger partial charge in [-0.25, -0.2) is 4.79 Å². The number of nitrogens with zero attached hydrogens (tertiary/aromatic N) is 1. The van der Waals surface area contributed by atoms with Crippen LogP contribution in [0.4, 0.5) is 10.5 Å². The van der Waals surface area contributed by atoms with Crippen LogP contribution in [0, 0.1) is 0 Å². The van der Waals surface area contributed by atoms with E-state index in [1.54, 1.807) is 26.0 Å². The molecule has 28 heavy (non-hydrogen) atoms. The predicted octanol–water partition coefficient (Wildman–Crippen LogP) is 2.23. The summed E-state index contributed by atoms with van der Waals surface area (Å²) >= 11 is 0. The van der Waals surface area contributed by atoms with Gasteiger partial charge < -0.3 is 15.4 Å². The molecule has 0 radical (unpaired) electrons. The Morgan fingerprint density at radius 3 is 2.25 bits per heavy atom. The van der Waals surface area contributed by atoms with Crippen molar-refractivity contribution in [2.45, 2.75) is 58.6 Å². The van der Waals surface area contributed by atoms with Gasteiger partial charge in [0, 0.05) is 5.69 Å². The third-order valence-electron chi connectivity index (χ3n) is 5.05. The number of aryl methyl sites for hydroxylation is 1. The summed E-state index contributed by atoms with van der Waals surface area (Å²) < 4.78 is 5.10. The van der Waals surface area contributed by atoms with Crippen LogP contribution in [0.5, 0.6) is 0 Å². The topological polar surface area (TPSA) is 105 Å². The molecule has 1 aromatic rings. The molecule has 1 aromatic carbocycles. The van der Waals surface area contributed by atoms with Gasteiger partial charge in [0.1, 0.15) is 12.1 Å². The molecule has 152 valence electrons. The van der Waals surface area contributed by atoms with Crippen LogP contribution in [0.15, 0.2) is 24.3 Å². The molecule has 2 N–H and O–H groups in total. The summed E-state index contributed by atoms with van der Waals surface area (Å²) in [5.41, 5.74) is 0.751. The van der Waals surface area contributed by atoms with E-state index in [9.17, 15) is 19.2 Å². The average Bonchev–Trinajstić information content (AvgIpc) is 2.93. The molecule has 0 saturated carbocycles. The molecule has 4 amide bonds. The highest BCUT2D eigenvalue weighted by atomic mass is 16.5. The zero-order valence-corrected chi connectivity index (χ0v) is 16.7. The molecular formula is C20H27N3O5. The number of imide groups is 1. The second kappa shape index (κ2) is 8.86. The van der Waals surface area contributed by atoms with Crippen molar-refractivity contribution in [3.8, 4) is 0 Å². The molecule has 0 spiro atoms. The van der Waals surface area contributed by atoms with Crippen molar-refractivity contribution in [1.29, 1.82) is 0 Å². The molecule has 0 bridgehead atoms. The molecule has 1 heterocycles. The molecular weight excluding hydrogens is 362 g/mol. The molecule has 1 aliphatic rings. The van der Waals surface area contributed by atoms with Crippen LogP contribution in [0.1, 0.15) is 46.1 Å². The van der Waals surface area contributed by atoms with Gasteiger partial charge in [0.25, 0.3) is 11.8 Å². The van der Waals surface area contributed by atoms with Crippen molar-refractivity contribution in [3.63, 3.8) is 0 Å². The van der Waals surface area contributed by atoms with Crippen LogP contribution in [-0.2, 0) is 25.5 Å². The van der Waals surface area contributed by atoms with Crippen LogP contribution in [0.25, 0.3) is 0 Å². The van der Waals surface area contributed by atoms with Gasteiger partial charge >= 0.3 is 12.0 Å². The minimum Gasteiger partial charge on any atom is -0.451 e. The van der Waals surface area contributed by atoms with Crippen molar-refractivity contribution in [1.82, 2.24) is 10.2 Å². The van der Waals surface area contributed by atoms with E-state index < -0.39 is 42.0 Å². The molecule has 1 fully saturated rings. The number of benzene rings is 1. The van der Waals surface area contributed by atoms with Crippen molar-refractivity contribution in [2.24, 2.45) is 0 Å². The minimum absolute atomic E-state index is 0.426. The summed E-state index contributed by atoms with van der Waals surface area (Å²) in [6, 6.07) is 6.72. The van der Waals surface area contributed by atoms with E-state index in [-0.39, 0.29) is 0 Å². The highest BCUT2D eigenvalue weighted by molar-refractivity contribution is 6.08. The van der Waals surface area contributed by atoms with Gasteiger partial charge in [-0.15, -0.1) is 0 Å². The van der Waals surface area contributed by atoms with Crippen LogP contribution in [0.3, 0.4) is 0 Å². The second-order valence-corrected chi connectivity index (χ2v) is 6.78. The van der Waals surface area contributed by atoms with E-state index in [1.807, 2.05) is 19.1 Å². The summed E-state index contributed by atoms with van der Waals surface area (Å²) in [4.78, 5) is 49.8. The van der Waals surface area contributed by atoms with Crippen molar-refractivity contribution in [2.75, 3.05) is 11.9 Å². The lowest BCUT2D eigenvalue weighted by molar-refractivity contribution is -0.155. The van der Waals surface area contributed by atoms with E-state index in [4.69, 9.17) is 4.74 Å². The summed E-state index contributed by atoms with van der Waals surface area (Å²) in [5, 5.41) is 5.31. The van der Waals surface area contributed by atoms with Crippen molar-refractivity contribution < 1.29 is 23.9 Å². The molecule has 1 saturated heterocycles. The summed E-state index contributed by atoms with van der Waals surface area (Å²) in [6.45, 7) is 6.52. The first-order chi connectivity index (χ1) is 13.3. The number of urea groups is 1. The minimum atomic E-state index is -1.07. The van der Waals surface area contributed by atoms with E-state index in [0.717, 1.165) is 16.9 Å². The first-order valence-corrected chi connectivity index (χ1v) is 9.49. The lowest BCUT2D eigenvalue weighted by atomic mass is 9.93. The van der Waals surface area contributed by atoms with Gasteiger partial charge in [-0.3, -0.25) is 19.3 Å². The van der Waals surface area contributed by atoms with Gasteiger partial charge in [0.05, 0.1) is 0 Å². The highest BCUT2D eigenvalue weighted by Crippen LogP contribution is 2.24. The van der Waals surface area contributed by atoms with E-state index in [2.05, 4.69) is 10.6 Å². The number of nitrogens with one attached hydrogen (secondary N) is 2. The maximum atomic E-state index is 12.5. The van der Waals surface area contributed by atoms with Gasteiger partial charge in [0.15, 0.2) is 6.10 Å². The summed E-state index contributed by atoms with van der Waals surface area (Å²) in [6.07, 6.45) is 0.675. The number of esters is 1. The Morgan fingerprint density at radius 1 is 1.14 bits per heavy atom. The number of anilines is 1. The fourth-order valence-electron chi connectivity index (χ4n) is 3.03. The lowest BCUT2D eigenvalue weighted by Crippen LogP contribution is -2.46. The lowest BCUT2D eigenvalue weighted by Gasteiger charge is -2.23. The van der Waals surface area contributed by atoms with Crippen LogP contribution in [-0.4, -0.2) is 46.9 Å². The number of rotatable bonds is 8. The highest BCUT2D eigenvalue weighted by Gasteiger charge is 2.49. The van der Waals surface area contributed by atoms with Crippen LogP contribution < -0.4 is 10.6 Å². The molecule has 0 aliphatic carbocycles. The Labute approximate surface area is 164 Å². The standard InChI is InChI=1S/C20H27N3O5/c1-5-14-8-10-15(11-9-14)21-17(25)13(4)28-16(24)12-23-18(26)20(6-2,7-3)22-19(23)27/h8-11,13H,5-7,12H2,1-4H3,(H,21,25)(H,22,27)/t13-/m0/s1. The normalized spacial score (nSPS) is 16.5. The smallest absolute Gasteiger partial charge is 0.327 e. The molecule has 0 aromatic heterocycles. The van der Waals surface area contributed by atoms with Crippen molar-refractivity contribution in [3.05, 3.63) is 29.8 Å². The van der Waals surface area contributed by atoms with Gasteiger partial charge in [-0.2, -0.15) is 0 Å². The van der Waals surface area contributed by atoms with Gasteiger partial charge in [-0.05, 0) is 43.9 Å². The van der Waals surface area contributed by atoms with Gasteiger partial charge in [-0.1, -0.05) is 32.9 Å². The molecule has 1 atom stereocenters. The Morgan fingerprint density at radius 2 is 1.75 bits per heavy atom. The number of hydrogen-bond acceptors (Lipinski definition) is 5. The van der Waals surface area contributed by atoms with E-state index in [1.165, 1.54) is 6.92 Å². The number of hydrogen-bond donors (Lipinski definition) is 2. The Hall–Kier alpha value is -2.90. The molecule has 2 rings (SSSR count). The largest absolute Gasteiger partial charge is 0.451 e. The zero-order valence-electron chi connectivity index (χ0n) is 16.7. The molecule has 8 nitrogen and oxygen atoms in total. The van der Waals surface area contributed by atoms with E-state index >= 15 is 0 Å². The Kier molecular flexibility index (Phi) is 6.77. The zero-order chi connectivity index (χ0) is 20.9. The average molecular weight is 389 g/mol. The molecule has 8 heteroatoms. The number of carbonyl (C=O) groups excluding carboxylic acids is 4. The van der Waals surface area contributed by atoms with Crippen LogP contribution in [0.2, 0.25) is 0 Å². The Balaban J connectivity index is 1.92.